The number of aliphatic hydroxyl groups excluding tert-OH is 1. The number of aromatic amines is 1. The Balaban J connectivity index is 0.000000606. The van der Waals surface area contributed by atoms with Gasteiger partial charge in [-0.2, -0.15) is 0 Å². The fourth-order valence-electron chi connectivity index (χ4n) is 1.74. The van der Waals surface area contributed by atoms with Gasteiger partial charge in [0.05, 0.1) is 0 Å². The number of nitrogens with one attached hydrogen (secondary N) is 1. The van der Waals surface area contributed by atoms with Crippen molar-refractivity contribution in [3.63, 3.8) is 0 Å². The second-order valence-corrected chi connectivity index (χ2v) is 3.85. The van der Waals surface area contributed by atoms with Gasteiger partial charge in [-0.1, -0.05) is 39.0 Å². The first-order valence-corrected chi connectivity index (χ1v) is 5.97. The average Bonchev–Trinajstić information content (AvgIpc) is 2.75. The lowest BCUT2D eigenvalue weighted by molar-refractivity contribution is 0.237. The molecule has 2 aromatic rings. The second kappa shape index (κ2) is 6.33. The molecule has 2 heteroatoms. The number of fused-ring (bicyclic) bond motifs is 1. The Bertz CT molecular complexity index is 419. The summed E-state index contributed by atoms with van der Waals surface area (Å²) >= 11 is 0. The summed E-state index contributed by atoms with van der Waals surface area (Å²) in [6.45, 7) is 6.31. The predicted molar refractivity (Wildman–Crippen MR) is 69.6 cm³/mol. The monoisotopic (exact) mass is 219 g/mol. The molecule has 1 aromatic carbocycles. The van der Waals surface area contributed by atoms with Crippen LogP contribution in [0.25, 0.3) is 10.9 Å². The number of aliphatic hydroxyl groups is 1. The van der Waals surface area contributed by atoms with E-state index in [0.29, 0.717) is 5.92 Å². The van der Waals surface area contributed by atoms with Crippen LogP contribution in [-0.4, -0.2) is 16.7 Å². The molecule has 0 fully saturated rings. The van der Waals surface area contributed by atoms with Crippen molar-refractivity contribution in [3.05, 3.63) is 36.0 Å². The molecule has 0 amide bonds. The summed E-state index contributed by atoms with van der Waals surface area (Å²) in [5, 5.41) is 10.3. The van der Waals surface area contributed by atoms with Crippen LogP contribution in [-0.2, 0) is 6.42 Å². The maximum atomic E-state index is 9.00. The van der Waals surface area contributed by atoms with E-state index in [1.54, 1.807) is 0 Å². The lowest BCUT2D eigenvalue weighted by Gasteiger charge is -2.05. The highest BCUT2D eigenvalue weighted by Crippen LogP contribution is 2.20. The van der Waals surface area contributed by atoms with Gasteiger partial charge in [0.1, 0.15) is 0 Å². The fourth-order valence-corrected chi connectivity index (χ4v) is 1.74. The Labute approximate surface area is 97.3 Å². The third-order valence-electron chi connectivity index (χ3n) is 2.55. The molecule has 0 aliphatic rings. The highest BCUT2D eigenvalue weighted by molar-refractivity contribution is 5.83. The van der Waals surface area contributed by atoms with E-state index in [4.69, 9.17) is 5.11 Å². The SMILES string of the molecule is CC.CC(CO)Cc1c[nH]c2ccccc12. The van der Waals surface area contributed by atoms with Crippen LogP contribution in [0.3, 0.4) is 0 Å². The van der Waals surface area contributed by atoms with Gasteiger partial charge >= 0.3 is 0 Å². The van der Waals surface area contributed by atoms with Gasteiger partial charge < -0.3 is 10.1 Å². The quantitative estimate of drug-likeness (QED) is 0.815. The normalized spacial score (nSPS) is 12.0. The molecule has 0 aliphatic carbocycles. The predicted octanol–water partition coefficient (Wildman–Crippen LogP) is 3.37. The molecule has 1 aromatic heterocycles. The third kappa shape index (κ3) is 2.86. The van der Waals surface area contributed by atoms with Crippen LogP contribution in [0.2, 0.25) is 0 Å². The Morgan fingerprint density at radius 1 is 1.25 bits per heavy atom. The van der Waals surface area contributed by atoms with E-state index in [1.807, 2.05) is 32.2 Å². The molecule has 2 nitrogen and oxygen atoms in total. The molecule has 88 valence electrons. The van der Waals surface area contributed by atoms with Crippen LogP contribution in [0.15, 0.2) is 30.5 Å². The maximum absolute atomic E-state index is 9.00. The van der Waals surface area contributed by atoms with Crippen LogP contribution in [0.1, 0.15) is 26.3 Å². The molecule has 2 rings (SSSR count). The number of benzene rings is 1. The van der Waals surface area contributed by atoms with Gasteiger partial charge in [-0.25, -0.2) is 0 Å². The van der Waals surface area contributed by atoms with Crippen molar-refractivity contribution in [2.75, 3.05) is 6.61 Å². The molecule has 0 spiro atoms. The lowest BCUT2D eigenvalue weighted by Crippen LogP contribution is -2.03. The summed E-state index contributed by atoms with van der Waals surface area (Å²) in [6, 6.07) is 8.26. The first kappa shape index (κ1) is 12.8. The van der Waals surface area contributed by atoms with Crippen molar-refractivity contribution in [2.45, 2.75) is 27.2 Å². The molecule has 0 saturated carbocycles. The lowest BCUT2D eigenvalue weighted by atomic mass is 10.0. The first-order valence-electron chi connectivity index (χ1n) is 5.97. The van der Waals surface area contributed by atoms with E-state index in [0.717, 1.165) is 6.42 Å². The third-order valence-corrected chi connectivity index (χ3v) is 2.55. The molecule has 1 unspecified atom stereocenters. The van der Waals surface area contributed by atoms with E-state index in [9.17, 15) is 0 Å². The standard InChI is InChI=1S/C12H15NO.C2H6/c1-9(8-14)6-10-7-13-12-5-3-2-4-11(10)12;1-2/h2-5,7,9,13-14H,6,8H2,1H3;1-2H3. The van der Waals surface area contributed by atoms with Crippen molar-refractivity contribution < 1.29 is 5.11 Å². The number of aromatic nitrogens is 1. The van der Waals surface area contributed by atoms with E-state index in [1.165, 1.54) is 16.5 Å². The summed E-state index contributed by atoms with van der Waals surface area (Å²) < 4.78 is 0. The van der Waals surface area contributed by atoms with Gasteiger partial charge in [-0.3, -0.25) is 0 Å². The minimum absolute atomic E-state index is 0.250. The zero-order valence-electron chi connectivity index (χ0n) is 10.3. The molecule has 1 heterocycles. The minimum Gasteiger partial charge on any atom is -0.396 e. The van der Waals surface area contributed by atoms with Gasteiger partial charge in [-0.05, 0) is 24.0 Å². The fraction of sp³-hybridized carbons (Fsp3) is 0.429. The number of hydrogen-bond acceptors (Lipinski definition) is 1. The molecule has 0 radical (unpaired) electrons. The molecular formula is C14H21NO. The minimum atomic E-state index is 0.250. The molecular weight excluding hydrogens is 198 g/mol. The number of para-hydroxylation sites is 1. The molecule has 0 saturated heterocycles. The number of rotatable bonds is 3. The van der Waals surface area contributed by atoms with Gasteiger partial charge in [0, 0.05) is 23.7 Å². The molecule has 16 heavy (non-hydrogen) atoms. The molecule has 0 aliphatic heterocycles. The Hall–Kier alpha value is -1.28. The topological polar surface area (TPSA) is 36.0 Å². The largest absolute Gasteiger partial charge is 0.396 e. The van der Waals surface area contributed by atoms with Crippen LogP contribution in [0, 0.1) is 5.92 Å². The van der Waals surface area contributed by atoms with E-state index < -0.39 is 0 Å². The van der Waals surface area contributed by atoms with Crippen LogP contribution >= 0.6 is 0 Å². The van der Waals surface area contributed by atoms with Crippen LogP contribution < -0.4 is 0 Å². The first-order chi connectivity index (χ1) is 7.81. The summed E-state index contributed by atoms with van der Waals surface area (Å²) in [6.07, 6.45) is 2.97. The molecule has 1 atom stereocenters. The summed E-state index contributed by atoms with van der Waals surface area (Å²) in [5.74, 6) is 0.328. The second-order valence-electron chi connectivity index (χ2n) is 3.85. The Kier molecular flexibility index (Phi) is 5.06. The van der Waals surface area contributed by atoms with E-state index in [2.05, 4.69) is 24.0 Å². The van der Waals surface area contributed by atoms with Gasteiger partial charge in [-0.15, -0.1) is 0 Å². The maximum Gasteiger partial charge on any atom is 0.0459 e. The van der Waals surface area contributed by atoms with Gasteiger partial charge in [0.15, 0.2) is 0 Å². The zero-order valence-corrected chi connectivity index (χ0v) is 10.3. The number of hydrogen-bond donors (Lipinski definition) is 2. The Morgan fingerprint density at radius 3 is 2.62 bits per heavy atom. The Morgan fingerprint density at radius 2 is 1.94 bits per heavy atom. The van der Waals surface area contributed by atoms with Gasteiger partial charge in [0.25, 0.3) is 0 Å². The summed E-state index contributed by atoms with van der Waals surface area (Å²) in [5.41, 5.74) is 2.47. The summed E-state index contributed by atoms with van der Waals surface area (Å²) in [4.78, 5) is 3.24. The highest BCUT2D eigenvalue weighted by atomic mass is 16.3. The molecule has 2 N–H and O–H groups in total. The van der Waals surface area contributed by atoms with Crippen LogP contribution in [0.5, 0.6) is 0 Å². The van der Waals surface area contributed by atoms with Crippen molar-refractivity contribution in [2.24, 2.45) is 5.92 Å². The van der Waals surface area contributed by atoms with E-state index in [-0.39, 0.29) is 6.61 Å². The van der Waals surface area contributed by atoms with E-state index >= 15 is 0 Å². The zero-order chi connectivity index (χ0) is 12.0. The number of H-pyrrole nitrogens is 1. The highest BCUT2D eigenvalue weighted by Gasteiger charge is 2.06. The average molecular weight is 219 g/mol. The molecule has 0 bridgehead atoms. The van der Waals surface area contributed by atoms with Crippen molar-refractivity contribution in [3.8, 4) is 0 Å². The van der Waals surface area contributed by atoms with Crippen molar-refractivity contribution in [1.82, 2.24) is 4.98 Å². The van der Waals surface area contributed by atoms with Crippen molar-refractivity contribution >= 4 is 10.9 Å². The van der Waals surface area contributed by atoms with Crippen molar-refractivity contribution in [1.29, 1.82) is 0 Å². The van der Waals surface area contributed by atoms with Gasteiger partial charge in [0.2, 0.25) is 0 Å². The van der Waals surface area contributed by atoms with Crippen LogP contribution in [0.4, 0.5) is 0 Å². The summed E-state index contributed by atoms with van der Waals surface area (Å²) in [7, 11) is 0. The smallest absolute Gasteiger partial charge is 0.0459 e.